The van der Waals surface area contributed by atoms with Crippen molar-refractivity contribution in [2.45, 2.75) is 26.7 Å². The molecule has 13 heavy (non-hydrogen) atoms. The van der Waals surface area contributed by atoms with Gasteiger partial charge in [-0.05, 0) is 41.3 Å². The van der Waals surface area contributed by atoms with Crippen molar-refractivity contribution >= 4 is 11.4 Å². The third-order valence-corrected chi connectivity index (χ3v) is 2.25. The molecule has 0 aromatic heterocycles. The first-order chi connectivity index (χ1) is 6.24. The zero-order valence-corrected chi connectivity index (χ0v) is 8.00. The van der Waals surface area contributed by atoms with Crippen LogP contribution in [0.5, 0.6) is 0 Å². The van der Waals surface area contributed by atoms with E-state index in [1.54, 1.807) is 12.1 Å². The molecule has 0 aliphatic rings. The molecular weight excluding hydrogens is 164 g/mol. The summed E-state index contributed by atoms with van der Waals surface area (Å²) in [4.78, 5) is 10.5. The molecule has 0 unspecified atom stereocenters. The van der Waals surface area contributed by atoms with Crippen molar-refractivity contribution in [3.05, 3.63) is 28.2 Å². The summed E-state index contributed by atoms with van der Waals surface area (Å²) in [5.74, 6) is 0. The standard InChI is InChI=1S/C10H14N2O/c1-3-7-8(4-2)10(12-13)6-5-9(7)11/h5-6H,3-4,11H2,1-2H3. The highest BCUT2D eigenvalue weighted by atomic mass is 16.3. The van der Waals surface area contributed by atoms with Crippen molar-refractivity contribution in [1.82, 2.24) is 0 Å². The molecule has 0 bridgehead atoms. The molecule has 0 aliphatic carbocycles. The molecule has 0 saturated carbocycles. The fourth-order valence-corrected chi connectivity index (χ4v) is 1.60. The van der Waals surface area contributed by atoms with E-state index >= 15 is 0 Å². The zero-order valence-electron chi connectivity index (χ0n) is 8.00. The zero-order chi connectivity index (χ0) is 9.84. The van der Waals surface area contributed by atoms with Crippen molar-refractivity contribution < 1.29 is 0 Å². The van der Waals surface area contributed by atoms with E-state index in [1.807, 2.05) is 13.8 Å². The van der Waals surface area contributed by atoms with Crippen LogP contribution in [0.4, 0.5) is 11.4 Å². The first kappa shape index (κ1) is 9.71. The van der Waals surface area contributed by atoms with Gasteiger partial charge in [0.1, 0.15) is 5.69 Å². The van der Waals surface area contributed by atoms with Crippen LogP contribution in [0.15, 0.2) is 17.3 Å². The molecule has 0 heterocycles. The molecule has 70 valence electrons. The lowest BCUT2D eigenvalue weighted by atomic mass is 9.99. The smallest absolute Gasteiger partial charge is 0.111 e. The molecule has 1 aromatic carbocycles. The second-order valence-corrected chi connectivity index (χ2v) is 2.93. The lowest BCUT2D eigenvalue weighted by molar-refractivity contribution is 1.04. The predicted molar refractivity (Wildman–Crippen MR) is 55.1 cm³/mol. The maximum absolute atomic E-state index is 10.5. The summed E-state index contributed by atoms with van der Waals surface area (Å²) in [6, 6.07) is 3.43. The molecule has 3 heteroatoms. The minimum atomic E-state index is 0.522. The Morgan fingerprint density at radius 2 is 1.85 bits per heavy atom. The van der Waals surface area contributed by atoms with E-state index in [0.29, 0.717) is 5.69 Å². The number of nitroso groups, excluding NO2 is 1. The fourth-order valence-electron chi connectivity index (χ4n) is 1.60. The van der Waals surface area contributed by atoms with E-state index < -0.39 is 0 Å². The van der Waals surface area contributed by atoms with Crippen molar-refractivity contribution in [3.8, 4) is 0 Å². The highest BCUT2D eigenvalue weighted by Crippen LogP contribution is 2.28. The number of benzene rings is 1. The molecule has 1 aromatic rings. The second kappa shape index (κ2) is 4.03. The summed E-state index contributed by atoms with van der Waals surface area (Å²) in [5.41, 5.74) is 9.10. The normalized spacial score (nSPS) is 10.0. The van der Waals surface area contributed by atoms with E-state index in [1.165, 1.54) is 0 Å². The van der Waals surface area contributed by atoms with Crippen LogP contribution >= 0.6 is 0 Å². The Morgan fingerprint density at radius 3 is 2.31 bits per heavy atom. The molecule has 1 rings (SSSR count). The summed E-state index contributed by atoms with van der Waals surface area (Å²) in [6.45, 7) is 4.03. The van der Waals surface area contributed by atoms with E-state index in [9.17, 15) is 4.91 Å². The van der Waals surface area contributed by atoms with Gasteiger partial charge in [0.25, 0.3) is 0 Å². The van der Waals surface area contributed by atoms with Crippen molar-refractivity contribution in [3.63, 3.8) is 0 Å². The van der Waals surface area contributed by atoms with Crippen LogP contribution in [-0.2, 0) is 12.8 Å². The van der Waals surface area contributed by atoms with Gasteiger partial charge in [0, 0.05) is 5.69 Å². The average Bonchev–Trinajstić information content (AvgIpc) is 2.17. The number of nitrogen functional groups attached to an aromatic ring is 1. The van der Waals surface area contributed by atoms with Crippen molar-refractivity contribution in [2.75, 3.05) is 5.73 Å². The molecule has 0 saturated heterocycles. The molecule has 0 fully saturated rings. The Kier molecular flexibility index (Phi) is 3.01. The predicted octanol–water partition coefficient (Wildman–Crippen LogP) is 2.79. The monoisotopic (exact) mass is 178 g/mol. The van der Waals surface area contributed by atoms with Gasteiger partial charge < -0.3 is 5.73 Å². The quantitative estimate of drug-likeness (QED) is 0.571. The molecule has 0 spiro atoms. The minimum absolute atomic E-state index is 0.522. The molecule has 0 radical (unpaired) electrons. The fraction of sp³-hybridized carbons (Fsp3) is 0.400. The highest BCUT2D eigenvalue weighted by Gasteiger charge is 2.08. The van der Waals surface area contributed by atoms with Crippen LogP contribution < -0.4 is 5.73 Å². The number of nitrogens with two attached hydrogens (primary N) is 1. The van der Waals surface area contributed by atoms with Gasteiger partial charge in [-0.1, -0.05) is 13.8 Å². The van der Waals surface area contributed by atoms with Crippen LogP contribution in [0.2, 0.25) is 0 Å². The molecule has 0 amide bonds. The summed E-state index contributed by atoms with van der Waals surface area (Å²) in [6.07, 6.45) is 1.65. The number of rotatable bonds is 3. The molecule has 0 aliphatic heterocycles. The van der Waals surface area contributed by atoms with Gasteiger partial charge in [-0.2, -0.15) is 0 Å². The van der Waals surface area contributed by atoms with Gasteiger partial charge >= 0.3 is 0 Å². The maximum atomic E-state index is 10.5. The van der Waals surface area contributed by atoms with Crippen LogP contribution in [-0.4, -0.2) is 0 Å². The second-order valence-electron chi connectivity index (χ2n) is 2.93. The van der Waals surface area contributed by atoms with E-state index in [-0.39, 0.29) is 0 Å². The average molecular weight is 178 g/mol. The molecular formula is C10H14N2O. The van der Waals surface area contributed by atoms with Crippen LogP contribution in [0.3, 0.4) is 0 Å². The largest absolute Gasteiger partial charge is 0.398 e. The van der Waals surface area contributed by atoms with Gasteiger partial charge in [-0.15, -0.1) is 4.91 Å². The van der Waals surface area contributed by atoms with Crippen LogP contribution in [0.1, 0.15) is 25.0 Å². The molecule has 2 N–H and O–H groups in total. The Bertz CT molecular complexity index is 321. The third-order valence-electron chi connectivity index (χ3n) is 2.25. The number of nitrogens with zero attached hydrogens (tertiary/aromatic N) is 1. The summed E-state index contributed by atoms with van der Waals surface area (Å²) in [5, 5.41) is 2.99. The minimum Gasteiger partial charge on any atom is -0.398 e. The number of anilines is 1. The summed E-state index contributed by atoms with van der Waals surface area (Å²) in [7, 11) is 0. The SMILES string of the molecule is CCc1c(N)ccc(N=O)c1CC. The Balaban J connectivity index is 3.35. The van der Waals surface area contributed by atoms with Gasteiger partial charge in [0.15, 0.2) is 0 Å². The first-order valence-corrected chi connectivity index (χ1v) is 4.48. The summed E-state index contributed by atoms with van der Waals surface area (Å²) >= 11 is 0. The maximum Gasteiger partial charge on any atom is 0.111 e. The van der Waals surface area contributed by atoms with E-state index in [0.717, 1.165) is 29.7 Å². The highest BCUT2D eigenvalue weighted by molar-refractivity contribution is 5.61. The van der Waals surface area contributed by atoms with Crippen LogP contribution in [0.25, 0.3) is 0 Å². The van der Waals surface area contributed by atoms with Gasteiger partial charge in [-0.3, -0.25) is 0 Å². The van der Waals surface area contributed by atoms with Gasteiger partial charge in [0.05, 0.1) is 0 Å². The third kappa shape index (κ3) is 1.69. The van der Waals surface area contributed by atoms with Crippen LogP contribution in [0, 0.1) is 4.91 Å². The molecule has 0 atom stereocenters. The summed E-state index contributed by atoms with van der Waals surface area (Å²) < 4.78 is 0. The van der Waals surface area contributed by atoms with Crippen molar-refractivity contribution in [1.29, 1.82) is 0 Å². The Morgan fingerprint density at radius 1 is 1.23 bits per heavy atom. The van der Waals surface area contributed by atoms with Crippen molar-refractivity contribution in [2.24, 2.45) is 5.18 Å². The lowest BCUT2D eigenvalue weighted by Gasteiger charge is -2.09. The van der Waals surface area contributed by atoms with E-state index in [4.69, 9.17) is 5.73 Å². The number of hydrogen-bond acceptors (Lipinski definition) is 3. The van der Waals surface area contributed by atoms with Gasteiger partial charge in [-0.25, -0.2) is 0 Å². The number of hydrogen-bond donors (Lipinski definition) is 1. The Hall–Kier alpha value is -1.38. The Labute approximate surface area is 77.9 Å². The van der Waals surface area contributed by atoms with E-state index in [2.05, 4.69) is 5.18 Å². The topological polar surface area (TPSA) is 55.4 Å². The lowest BCUT2D eigenvalue weighted by Crippen LogP contribution is -1.98. The first-order valence-electron chi connectivity index (χ1n) is 4.48. The van der Waals surface area contributed by atoms with Gasteiger partial charge in [0.2, 0.25) is 0 Å². The molecule has 3 nitrogen and oxygen atoms in total.